The molecule has 0 saturated carbocycles. The van der Waals surface area contributed by atoms with E-state index in [2.05, 4.69) is 53.3 Å². The third kappa shape index (κ3) is 3.86. The monoisotopic (exact) mass is 363 g/mol. The standard InChI is InChI=1S/C23H29N3O/c1-17(7-8-20-16-24-22-6-4-3-5-21(20)22)26-13-10-18(11-14-26)19-9-12-25(2)23(27)15-19/h3-6,9,12,15-18,24H,7-8,10-11,13-14H2,1-2H3. The highest BCUT2D eigenvalue weighted by molar-refractivity contribution is 5.82. The second-order valence-electron chi connectivity index (χ2n) is 7.97. The zero-order valence-electron chi connectivity index (χ0n) is 16.3. The number of aromatic nitrogens is 2. The Bertz CT molecular complexity index is 963. The molecular weight excluding hydrogens is 334 g/mol. The molecule has 0 spiro atoms. The van der Waals surface area contributed by atoms with Gasteiger partial charge >= 0.3 is 0 Å². The van der Waals surface area contributed by atoms with Crippen molar-refractivity contribution in [3.8, 4) is 0 Å². The van der Waals surface area contributed by atoms with Gasteiger partial charge in [-0.05, 0) is 74.9 Å². The van der Waals surface area contributed by atoms with Gasteiger partial charge < -0.3 is 14.5 Å². The van der Waals surface area contributed by atoms with Crippen molar-refractivity contribution in [1.82, 2.24) is 14.5 Å². The number of pyridine rings is 1. The first-order valence-electron chi connectivity index (χ1n) is 10.1. The van der Waals surface area contributed by atoms with Crippen LogP contribution in [0, 0.1) is 0 Å². The topological polar surface area (TPSA) is 41.0 Å². The highest BCUT2D eigenvalue weighted by Gasteiger charge is 2.24. The summed E-state index contributed by atoms with van der Waals surface area (Å²) >= 11 is 0. The summed E-state index contributed by atoms with van der Waals surface area (Å²) in [4.78, 5) is 17.9. The van der Waals surface area contributed by atoms with Crippen LogP contribution in [-0.4, -0.2) is 33.6 Å². The number of H-pyrrole nitrogens is 1. The first-order valence-corrected chi connectivity index (χ1v) is 10.1. The Balaban J connectivity index is 1.32. The Morgan fingerprint density at radius 1 is 1.19 bits per heavy atom. The van der Waals surface area contributed by atoms with E-state index in [0.29, 0.717) is 12.0 Å². The molecule has 4 rings (SSSR count). The van der Waals surface area contributed by atoms with Crippen LogP contribution >= 0.6 is 0 Å². The first-order chi connectivity index (χ1) is 13.1. The van der Waals surface area contributed by atoms with Crippen LogP contribution in [0.15, 0.2) is 53.6 Å². The third-order valence-corrected chi connectivity index (χ3v) is 6.26. The zero-order chi connectivity index (χ0) is 18.8. The molecule has 1 aromatic carbocycles. The van der Waals surface area contributed by atoms with E-state index in [1.54, 1.807) is 4.57 Å². The number of hydrogen-bond acceptors (Lipinski definition) is 2. The molecular formula is C23H29N3O. The first kappa shape index (κ1) is 18.1. The highest BCUT2D eigenvalue weighted by Crippen LogP contribution is 2.29. The summed E-state index contributed by atoms with van der Waals surface area (Å²) in [6.07, 6.45) is 8.64. The molecule has 4 heteroatoms. The Morgan fingerprint density at radius 3 is 2.74 bits per heavy atom. The molecule has 2 aromatic heterocycles. The molecule has 1 unspecified atom stereocenters. The molecule has 3 aromatic rings. The van der Waals surface area contributed by atoms with Crippen molar-refractivity contribution in [2.24, 2.45) is 7.05 Å². The van der Waals surface area contributed by atoms with Crippen LogP contribution in [0.5, 0.6) is 0 Å². The number of nitrogens with one attached hydrogen (secondary N) is 1. The quantitative estimate of drug-likeness (QED) is 0.742. The van der Waals surface area contributed by atoms with Crippen molar-refractivity contribution in [2.45, 2.75) is 44.6 Å². The van der Waals surface area contributed by atoms with E-state index >= 15 is 0 Å². The summed E-state index contributed by atoms with van der Waals surface area (Å²) in [5.74, 6) is 0.524. The molecule has 1 aliphatic heterocycles. The smallest absolute Gasteiger partial charge is 0.250 e. The van der Waals surface area contributed by atoms with Gasteiger partial charge in [0.2, 0.25) is 0 Å². The van der Waals surface area contributed by atoms with E-state index in [4.69, 9.17) is 0 Å². The van der Waals surface area contributed by atoms with Gasteiger partial charge in [-0.15, -0.1) is 0 Å². The summed E-state index contributed by atoms with van der Waals surface area (Å²) in [6, 6.07) is 13.1. The fourth-order valence-corrected chi connectivity index (χ4v) is 4.38. The average molecular weight is 364 g/mol. The summed E-state index contributed by atoms with van der Waals surface area (Å²) in [5.41, 5.74) is 3.97. The van der Waals surface area contributed by atoms with Gasteiger partial charge in [-0.1, -0.05) is 18.2 Å². The molecule has 0 bridgehead atoms. The van der Waals surface area contributed by atoms with E-state index in [0.717, 1.165) is 32.4 Å². The number of likely N-dealkylation sites (tertiary alicyclic amines) is 1. The van der Waals surface area contributed by atoms with Gasteiger partial charge in [0.15, 0.2) is 0 Å². The van der Waals surface area contributed by atoms with Gasteiger partial charge in [0, 0.05) is 42.5 Å². The number of aryl methyl sites for hydroxylation is 2. The number of rotatable bonds is 5. The number of aromatic amines is 1. The molecule has 0 aliphatic carbocycles. The molecule has 142 valence electrons. The van der Waals surface area contributed by atoms with Crippen molar-refractivity contribution < 1.29 is 0 Å². The molecule has 3 heterocycles. The van der Waals surface area contributed by atoms with E-state index < -0.39 is 0 Å². The third-order valence-electron chi connectivity index (χ3n) is 6.26. The van der Waals surface area contributed by atoms with Crippen LogP contribution in [0.3, 0.4) is 0 Å². The zero-order valence-corrected chi connectivity index (χ0v) is 16.3. The maximum Gasteiger partial charge on any atom is 0.250 e. The molecule has 4 nitrogen and oxygen atoms in total. The maximum absolute atomic E-state index is 11.9. The van der Waals surface area contributed by atoms with Crippen LogP contribution in [0.4, 0.5) is 0 Å². The number of nitrogens with zero attached hydrogens (tertiary/aromatic N) is 2. The minimum Gasteiger partial charge on any atom is -0.361 e. The predicted octanol–water partition coefficient (Wildman–Crippen LogP) is 4.07. The molecule has 1 atom stereocenters. The van der Waals surface area contributed by atoms with Crippen molar-refractivity contribution in [1.29, 1.82) is 0 Å². The van der Waals surface area contributed by atoms with Crippen molar-refractivity contribution >= 4 is 10.9 Å². The van der Waals surface area contributed by atoms with Crippen molar-refractivity contribution in [3.63, 3.8) is 0 Å². The van der Waals surface area contributed by atoms with Gasteiger partial charge in [0.25, 0.3) is 5.56 Å². The van der Waals surface area contributed by atoms with Crippen LogP contribution in [-0.2, 0) is 13.5 Å². The molecule has 1 saturated heterocycles. The Hall–Kier alpha value is -2.33. The van der Waals surface area contributed by atoms with Crippen molar-refractivity contribution in [3.05, 3.63) is 70.3 Å². The number of fused-ring (bicyclic) bond motifs is 1. The summed E-state index contributed by atoms with van der Waals surface area (Å²) in [7, 11) is 1.81. The van der Waals surface area contributed by atoms with Crippen LogP contribution in [0.2, 0.25) is 0 Å². The molecule has 1 fully saturated rings. The lowest BCUT2D eigenvalue weighted by molar-refractivity contribution is 0.155. The van der Waals surface area contributed by atoms with E-state index in [1.165, 1.54) is 28.5 Å². The lowest BCUT2D eigenvalue weighted by Gasteiger charge is -2.36. The fraction of sp³-hybridized carbons (Fsp3) is 0.435. The fourth-order valence-electron chi connectivity index (χ4n) is 4.38. The van der Waals surface area contributed by atoms with Gasteiger partial charge in [0.05, 0.1) is 0 Å². The Labute approximate surface area is 160 Å². The summed E-state index contributed by atoms with van der Waals surface area (Å²) in [5, 5.41) is 1.36. The number of para-hydroxylation sites is 1. The maximum atomic E-state index is 11.9. The molecule has 0 amide bonds. The van der Waals surface area contributed by atoms with Gasteiger partial charge in [0.1, 0.15) is 0 Å². The predicted molar refractivity (Wildman–Crippen MR) is 111 cm³/mol. The van der Waals surface area contributed by atoms with Crippen LogP contribution in [0.1, 0.15) is 43.2 Å². The summed E-state index contributed by atoms with van der Waals surface area (Å²) < 4.78 is 1.64. The molecule has 1 aliphatic rings. The minimum atomic E-state index is 0.0991. The molecule has 1 N–H and O–H groups in total. The van der Waals surface area contributed by atoms with Crippen molar-refractivity contribution in [2.75, 3.05) is 13.1 Å². The minimum absolute atomic E-state index is 0.0991. The molecule has 27 heavy (non-hydrogen) atoms. The van der Waals surface area contributed by atoms with Gasteiger partial charge in [-0.2, -0.15) is 0 Å². The lowest BCUT2D eigenvalue weighted by Crippen LogP contribution is -2.39. The van der Waals surface area contributed by atoms with E-state index in [-0.39, 0.29) is 5.56 Å². The number of piperidine rings is 1. The largest absolute Gasteiger partial charge is 0.361 e. The Kier molecular flexibility index (Phi) is 5.17. The second kappa shape index (κ2) is 7.73. The van der Waals surface area contributed by atoms with E-state index in [9.17, 15) is 4.79 Å². The van der Waals surface area contributed by atoms with Crippen LogP contribution in [0.25, 0.3) is 10.9 Å². The normalized spacial score (nSPS) is 17.4. The number of benzene rings is 1. The highest BCUT2D eigenvalue weighted by atomic mass is 16.1. The SMILES string of the molecule is CC(CCc1c[nH]c2ccccc12)N1CCC(c2ccn(C)c(=O)c2)CC1. The summed E-state index contributed by atoms with van der Waals surface area (Å²) in [6.45, 7) is 4.59. The van der Waals surface area contributed by atoms with Gasteiger partial charge in [-0.3, -0.25) is 4.79 Å². The van der Waals surface area contributed by atoms with Gasteiger partial charge in [-0.25, -0.2) is 0 Å². The molecule has 0 radical (unpaired) electrons. The Morgan fingerprint density at radius 2 is 1.96 bits per heavy atom. The lowest BCUT2D eigenvalue weighted by atomic mass is 9.89. The second-order valence-corrected chi connectivity index (χ2v) is 7.97. The van der Waals surface area contributed by atoms with E-state index in [1.807, 2.05) is 19.3 Å². The van der Waals surface area contributed by atoms with Crippen LogP contribution < -0.4 is 5.56 Å². The average Bonchev–Trinajstić information content (AvgIpc) is 3.11. The number of hydrogen-bond donors (Lipinski definition) is 1.